The summed E-state index contributed by atoms with van der Waals surface area (Å²) in [7, 11) is -3.88. The van der Waals surface area contributed by atoms with Crippen molar-refractivity contribution in [1.29, 1.82) is 0 Å². The van der Waals surface area contributed by atoms with Crippen LogP contribution in [0, 0.1) is 0 Å². The number of aromatic nitrogens is 1. The molecule has 0 bridgehead atoms. The number of sulfone groups is 1. The van der Waals surface area contributed by atoms with Gasteiger partial charge in [-0.15, -0.1) is 0 Å². The highest BCUT2D eigenvalue weighted by Gasteiger charge is 2.21. The van der Waals surface area contributed by atoms with E-state index in [9.17, 15) is 18.0 Å². The Bertz CT molecular complexity index is 834. The van der Waals surface area contributed by atoms with Gasteiger partial charge < -0.3 is 10.6 Å². The minimum absolute atomic E-state index is 0.253. The molecule has 0 aliphatic rings. The van der Waals surface area contributed by atoms with Crippen LogP contribution in [0.15, 0.2) is 48.7 Å². The first-order valence-electron chi connectivity index (χ1n) is 7.68. The Hall–Kier alpha value is -2.74. The molecule has 1 aromatic heterocycles. The number of nitrogens with one attached hydrogen (secondary N) is 2. The number of benzene rings is 1. The minimum Gasteiger partial charge on any atom is -0.325 e. The van der Waals surface area contributed by atoms with E-state index in [4.69, 9.17) is 0 Å². The zero-order valence-corrected chi connectivity index (χ0v) is 14.5. The number of nitrogens with zero attached hydrogens (tertiary/aromatic N) is 1. The zero-order valence-electron chi connectivity index (χ0n) is 13.7. The Kier molecular flexibility index (Phi) is 6.24. The molecule has 0 radical (unpaired) electrons. The lowest BCUT2D eigenvalue weighted by Crippen LogP contribution is -2.30. The van der Waals surface area contributed by atoms with Crippen LogP contribution < -0.4 is 10.6 Å². The van der Waals surface area contributed by atoms with Crippen LogP contribution in [0.25, 0.3) is 0 Å². The Labute approximate surface area is 146 Å². The molecule has 2 aromatic rings. The van der Waals surface area contributed by atoms with Crippen molar-refractivity contribution >= 4 is 33.2 Å². The van der Waals surface area contributed by atoms with E-state index >= 15 is 0 Å². The van der Waals surface area contributed by atoms with Gasteiger partial charge in [0.1, 0.15) is 17.3 Å². The number of hydrogen-bond acceptors (Lipinski definition) is 5. The van der Waals surface area contributed by atoms with Gasteiger partial charge in [0.2, 0.25) is 11.8 Å². The average molecular weight is 361 g/mol. The van der Waals surface area contributed by atoms with Gasteiger partial charge in [0.25, 0.3) is 0 Å². The summed E-state index contributed by atoms with van der Waals surface area (Å²) < 4.78 is 24.0. The van der Waals surface area contributed by atoms with Crippen molar-refractivity contribution in [3.05, 3.63) is 54.2 Å². The third-order valence-electron chi connectivity index (χ3n) is 3.28. The summed E-state index contributed by atoms with van der Waals surface area (Å²) in [5, 5.41) is 4.88. The molecule has 0 atom stereocenters. The van der Waals surface area contributed by atoms with Gasteiger partial charge in [0.15, 0.2) is 9.84 Å². The van der Waals surface area contributed by atoms with Crippen LogP contribution in [0.5, 0.6) is 0 Å². The van der Waals surface area contributed by atoms with Crippen molar-refractivity contribution in [2.24, 2.45) is 0 Å². The first-order valence-corrected chi connectivity index (χ1v) is 9.50. The fourth-order valence-electron chi connectivity index (χ4n) is 2.09. The summed E-state index contributed by atoms with van der Waals surface area (Å²) >= 11 is 0. The van der Waals surface area contributed by atoms with Gasteiger partial charge in [-0.25, -0.2) is 13.4 Å². The second-order valence-electron chi connectivity index (χ2n) is 5.39. The normalized spacial score (nSPS) is 10.9. The summed E-state index contributed by atoms with van der Waals surface area (Å²) in [6.07, 6.45) is 2.34. The molecule has 0 aliphatic carbocycles. The molecule has 0 spiro atoms. The number of anilines is 2. The van der Waals surface area contributed by atoms with Crippen molar-refractivity contribution in [3.8, 4) is 0 Å². The third kappa shape index (κ3) is 6.34. The Balaban J connectivity index is 1.88. The van der Waals surface area contributed by atoms with Crippen LogP contribution in [-0.2, 0) is 25.8 Å². The second-order valence-corrected chi connectivity index (χ2v) is 7.46. The predicted molar refractivity (Wildman–Crippen MR) is 96.0 cm³/mol. The lowest BCUT2D eigenvalue weighted by Gasteiger charge is -2.07. The van der Waals surface area contributed by atoms with Crippen LogP contribution in [0.2, 0.25) is 0 Å². The highest BCUT2D eigenvalue weighted by molar-refractivity contribution is 7.92. The lowest BCUT2D eigenvalue weighted by molar-refractivity contribution is -0.114. The molecule has 0 fully saturated rings. The first-order chi connectivity index (χ1) is 11.9. The number of aryl methyl sites for hydroxylation is 1. The molecular formula is C17H19N3O4S. The van der Waals surface area contributed by atoms with E-state index in [1.165, 1.54) is 12.3 Å². The Morgan fingerprint density at radius 2 is 1.60 bits per heavy atom. The summed E-state index contributed by atoms with van der Waals surface area (Å²) in [6.45, 7) is 2.01. The van der Waals surface area contributed by atoms with Crippen molar-refractivity contribution in [3.63, 3.8) is 0 Å². The smallest absolute Gasteiger partial charge is 0.240 e. The van der Waals surface area contributed by atoms with Gasteiger partial charge in [-0.2, -0.15) is 0 Å². The Morgan fingerprint density at radius 1 is 0.960 bits per heavy atom. The molecule has 0 saturated heterocycles. The van der Waals surface area contributed by atoms with Gasteiger partial charge >= 0.3 is 0 Å². The van der Waals surface area contributed by atoms with Gasteiger partial charge in [0, 0.05) is 11.9 Å². The number of carbonyl (C=O) groups excluding carboxylic acids is 2. The van der Waals surface area contributed by atoms with Crippen LogP contribution in [0.3, 0.4) is 0 Å². The van der Waals surface area contributed by atoms with Crippen LogP contribution in [-0.4, -0.2) is 36.7 Å². The standard InChI is InChI=1S/C17H19N3O4S/c1-2-13-6-8-14(9-7-13)19-16(21)11-25(23,24)12-17(22)20-15-5-3-4-10-18-15/h3-10H,2,11-12H2,1H3,(H,19,21)(H,18,20,22). The first kappa shape index (κ1) is 18.6. The molecule has 132 valence electrons. The van der Waals surface area contributed by atoms with E-state index in [-0.39, 0.29) is 5.82 Å². The largest absolute Gasteiger partial charge is 0.325 e. The van der Waals surface area contributed by atoms with Crippen LogP contribution in [0.1, 0.15) is 12.5 Å². The predicted octanol–water partition coefficient (Wildman–Crippen LogP) is 1.64. The lowest BCUT2D eigenvalue weighted by atomic mass is 10.1. The second kappa shape index (κ2) is 8.39. The maximum absolute atomic E-state index is 12.0. The third-order valence-corrected chi connectivity index (χ3v) is 4.68. The molecule has 0 aliphatic heterocycles. The van der Waals surface area contributed by atoms with Gasteiger partial charge in [-0.3, -0.25) is 9.59 Å². The molecular weight excluding hydrogens is 342 g/mol. The average Bonchev–Trinajstić information content (AvgIpc) is 2.55. The summed E-state index contributed by atoms with van der Waals surface area (Å²) in [5.41, 5.74) is 1.62. The van der Waals surface area contributed by atoms with E-state index in [2.05, 4.69) is 15.6 Å². The maximum atomic E-state index is 12.0. The van der Waals surface area contributed by atoms with Gasteiger partial charge in [-0.05, 0) is 36.2 Å². The zero-order chi connectivity index (χ0) is 18.3. The molecule has 0 saturated carbocycles. The summed E-state index contributed by atoms with van der Waals surface area (Å²) in [5.74, 6) is -2.72. The van der Waals surface area contributed by atoms with Crippen LogP contribution >= 0.6 is 0 Å². The van der Waals surface area contributed by atoms with Crippen molar-refractivity contribution in [2.45, 2.75) is 13.3 Å². The van der Waals surface area contributed by atoms with Crippen molar-refractivity contribution in [1.82, 2.24) is 4.98 Å². The topological polar surface area (TPSA) is 105 Å². The SMILES string of the molecule is CCc1ccc(NC(=O)CS(=O)(=O)CC(=O)Nc2ccccn2)cc1. The van der Waals surface area contributed by atoms with E-state index in [0.29, 0.717) is 5.69 Å². The summed E-state index contributed by atoms with van der Waals surface area (Å²) in [6, 6.07) is 12.0. The number of hydrogen-bond donors (Lipinski definition) is 2. The molecule has 0 unspecified atom stereocenters. The maximum Gasteiger partial charge on any atom is 0.240 e. The Morgan fingerprint density at radius 3 is 2.16 bits per heavy atom. The van der Waals surface area contributed by atoms with E-state index in [1.807, 2.05) is 19.1 Å². The molecule has 2 rings (SSSR count). The molecule has 8 heteroatoms. The number of pyridine rings is 1. The highest BCUT2D eigenvalue weighted by atomic mass is 32.2. The highest BCUT2D eigenvalue weighted by Crippen LogP contribution is 2.10. The molecule has 25 heavy (non-hydrogen) atoms. The van der Waals surface area contributed by atoms with Crippen LogP contribution in [0.4, 0.5) is 11.5 Å². The minimum atomic E-state index is -3.88. The monoisotopic (exact) mass is 361 g/mol. The van der Waals surface area contributed by atoms with E-state index < -0.39 is 33.2 Å². The number of rotatable bonds is 7. The number of amides is 2. The van der Waals surface area contributed by atoms with Gasteiger partial charge in [-0.1, -0.05) is 25.1 Å². The summed E-state index contributed by atoms with van der Waals surface area (Å²) in [4.78, 5) is 27.5. The van der Waals surface area contributed by atoms with Gasteiger partial charge in [0.05, 0.1) is 0 Å². The molecule has 2 amide bonds. The number of carbonyl (C=O) groups is 2. The van der Waals surface area contributed by atoms with Crippen molar-refractivity contribution in [2.75, 3.05) is 22.1 Å². The fourth-order valence-corrected chi connectivity index (χ4v) is 3.13. The molecule has 1 heterocycles. The quantitative estimate of drug-likeness (QED) is 0.780. The van der Waals surface area contributed by atoms with E-state index in [0.717, 1.165) is 12.0 Å². The van der Waals surface area contributed by atoms with E-state index in [1.54, 1.807) is 24.3 Å². The fraction of sp³-hybridized carbons (Fsp3) is 0.235. The molecule has 2 N–H and O–H groups in total. The molecule has 7 nitrogen and oxygen atoms in total. The van der Waals surface area contributed by atoms with Crippen molar-refractivity contribution < 1.29 is 18.0 Å². The molecule has 1 aromatic carbocycles.